The molecule has 134 valence electrons. The van der Waals surface area contributed by atoms with E-state index in [0.29, 0.717) is 19.6 Å². The Hall–Kier alpha value is -1.92. The zero-order valence-corrected chi connectivity index (χ0v) is 14.9. The second-order valence-electron chi connectivity index (χ2n) is 6.72. The summed E-state index contributed by atoms with van der Waals surface area (Å²) < 4.78 is 9.96. The van der Waals surface area contributed by atoms with Gasteiger partial charge >= 0.3 is 0 Å². The number of benzene rings is 1. The first-order valence-electron chi connectivity index (χ1n) is 7.99. The van der Waals surface area contributed by atoms with E-state index >= 15 is 0 Å². The predicted octanol–water partition coefficient (Wildman–Crippen LogP) is 1.16. The van der Waals surface area contributed by atoms with Gasteiger partial charge in [0.05, 0.1) is 13.2 Å². The molecule has 0 saturated heterocycles. The molecular weight excluding hydrogens is 308 g/mol. The summed E-state index contributed by atoms with van der Waals surface area (Å²) in [6.07, 6.45) is 0.351. The first-order chi connectivity index (χ1) is 11.2. The van der Waals surface area contributed by atoms with Crippen molar-refractivity contribution < 1.29 is 19.1 Å². The van der Waals surface area contributed by atoms with Gasteiger partial charge in [0.15, 0.2) is 0 Å². The van der Waals surface area contributed by atoms with E-state index in [-0.39, 0.29) is 17.9 Å². The van der Waals surface area contributed by atoms with Gasteiger partial charge in [-0.2, -0.15) is 0 Å². The van der Waals surface area contributed by atoms with Crippen molar-refractivity contribution >= 4 is 11.8 Å². The monoisotopic (exact) mass is 336 g/mol. The highest BCUT2D eigenvalue weighted by atomic mass is 16.5. The van der Waals surface area contributed by atoms with E-state index < -0.39 is 11.9 Å². The summed E-state index contributed by atoms with van der Waals surface area (Å²) in [5.74, 6) is -0.943. The zero-order chi connectivity index (χ0) is 18.2. The fraction of sp³-hybridized carbons (Fsp3) is 0.556. The highest BCUT2D eigenvalue weighted by molar-refractivity contribution is 5.87. The molecule has 0 aliphatic rings. The molecule has 0 bridgehead atoms. The van der Waals surface area contributed by atoms with Crippen LogP contribution in [0.2, 0.25) is 0 Å². The van der Waals surface area contributed by atoms with Crippen molar-refractivity contribution in [3.63, 3.8) is 0 Å². The highest BCUT2D eigenvalue weighted by Gasteiger charge is 2.19. The standard InChI is InChI=1S/C18H28N2O4/c1-18(2,3)14-7-5-13(6-8-14)11-15(17(19)22)20-16(21)12-24-10-9-23-4/h5-8,15H,9-12H2,1-4H3,(H2,19,22)(H,20,21)/t15-/m0/s1. The molecule has 0 spiro atoms. The van der Waals surface area contributed by atoms with Gasteiger partial charge in [-0.1, -0.05) is 45.0 Å². The average molecular weight is 336 g/mol. The number of amides is 2. The van der Waals surface area contributed by atoms with Gasteiger partial charge in [-0.05, 0) is 16.5 Å². The quantitative estimate of drug-likeness (QED) is 0.662. The molecule has 1 rings (SSSR count). The first kappa shape index (κ1) is 20.1. The average Bonchev–Trinajstić information content (AvgIpc) is 2.50. The molecular formula is C18H28N2O4. The van der Waals surface area contributed by atoms with Crippen molar-refractivity contribution in [2.75, 3.05) is 26.9 Å². The maximum atomic E-state index is 11.8. The van der Waals surface area contributed by atoms with Gasteiger partial charge in [-0.3, -0.25) is 9.59 Å². The minimum Gasteiger partial charge on any atom is -0.382 e. The summed E-state index contributed by atoms with van der Waals surface area (Å²) >= 11 is 0. The van der Waals surface area contributed by atoms with Crippen LogP contribution in [0.3, 0.4) is 0 Å². The van der Waals surface area contributed by atoms with Crippen LogP contribution < -0.4 is 11.1 Å². The van der Waals surface area contributed by atoms with Crippen LogP contribution in [0.25, 0.3) is 0 Å². The summed E-state index contributed by atoms with van der Waals surface area (Å²) in [7, 11) is 1.55. The molecule has 0 unspecified atom stereocenters. The summed E-state index contributed by atoms with van der Waals surface area (Å²) in [6.45, 7) is 7.01. The van der Waals surface area contributed by atoms with Crippen molar-refractivity contribution in [2.45, 2.75) is 38.6 Å². The summed E-state index contributed by atoms with van der Waals surface area (Å²) in [6, 6.07) is 7.21. The Balaban J connectivity index is 2.60. The van der Waals surface area contributed by atoms with E-state index in [9.17, 15) is 9.59 Å². The topological polar surface area (TPSA) is 90.7 Å². The van der Waals surface area contributed by atoms with Crippen molar-refractivity contribution in [1.82, 2.24) is 5.32 Å². The summed E-state index contributed by atoms with van der Waals surface area (Å²) in [5, 5.41) is 2.61. The van der Waals surface area contributed by atoms with Gasteiger partial charge < -0.3 is 20.5 Å². The van der Waals surface area contributed by atoms with Crippen molar-refractivity contribution in [3.05, 3.63) is 35.4 Å². The molecule has 0 fully saturated rings. The molecule has 0 radical (unpaired) electrons. The van der Waals surface area contributed by atoms with Gasteiger partial charge in [0.25, 0.3) is 0 Å². The van der Waals surface area contributed by atoms with Gasteiger partial charge in [-0.25, -0.2) is 0 Å². The summed E-state index contributed by atoms with van der Waals surface area (Å²) in [4.78, 5) is 23.4. The summed E-state index contributed by atoms with van der Waals surface area (Å²) in [5.41, 5.74) is 7.60. The Bertz CT molecular complexity index is 535. The molecule has 6 nitrogen and oxygen atoms in total. The number of hydrogen-bond acceptors (Lipinski definition) is 4. The van der Waals surface area contributed by atoms with Crippen LogP contribution in [-0.4, -0.2) is 44.8 Å². The Morgan fingerprint density at radius 2 is 1.79 bits per heavy atom. The minimum atomic E-state index is -0.760. The van der Waals surface area contributed by atoms with Gasteiger partial charge in [-0.15, -0.1) is 0 Å². The fourth-order valence-corrected chi connectivity index (χ4v) is 2.14. The molecule has 0 aliphatic carbocycles. The molecule has 0 aliphatic heterocycles. The van der Waals surface area contributed by atoms with Crippen LogP contribution in [-0.2, 0) is 30.9 Å². The van der Waals surface area contributed by atoms with Crippen molar-refractivity contribution in [3.8, 4) is 0 Å². The lowest BCUT2D eigenvalue weighted by atomic mass is 9.86. The minimum absolute atomic E-state index is 0.0649. The molecule has 3 N–H and O–H groups in total. The third-order valence-corrected chi connectivity index (χ3v) is 3.60. The van der Waals surface area contributed by atoms with Crippen molar-refractivity contribution in [1.29, 1.82) is 0 Å². The third kappa shape index (κ3) is 7.10. The largest absolute Gasteiger partial charge is 0.382 e. The molecule has 1 aromatic carbocycles. The second kappa shape index (κ2) is 9.39. The maximum absolute atomic E-state index is 11.8. The van der Waals surface area contributed by atoms with Crippen LogP contribution >= 0.6 is 0 Å². The van der Waals surface area contributed by atoms with Gasteiger partial charge in [0.1, 0.15) is 12.6 Å². The number of carbonyl (C=O) groups is 2. The van der Waals surface area contributed by atoms with E-state index in [0.717, 1.165) is 5.56 Å². The Kier molecular flexibility index (Phi) is 7.88. The Labute approximate surface area is 143 Å². The lowest BCUT2D eigenvalue weighted by Gasteiger charge is -2.20. The molecule has 0 heterocycles. The molecule has 1 aromatic rings. The van der Waals surface area contributed by atoms with E-state index in [1.165, 1.54) is 5.56 Å². The van der Waals surface area contributed by atoms with E-state index in [1.54, 1.807) is 7.11 Å². The third-order valence-electron chi connectivity index (χ3n) is 3.60. The smallest absolute Gasteiger partial charge is 0.246 e. The Morgan fingerprint density at radius 3 is 2.29 bits per heavy atom. The van der Waals surface area contributed by atoms with Crippen LogP contribution in [0.1, 0.15) is 31.9 Å². The molecule has 0 saturated carbocycles. The normalized spacial score (nSPS) is 12.7. The van der Waals surface area contributed by atoms with E-state index in [4.69, 9.17) is 15.2 Å². The van der Waals surface area contributed by atoms with E-state index in [1.807, 2.05) is 24.3 Å². The van der Waals surface area contributed by atoms with Crippen LogP contribution in [0.4, 0.5) is 0 Å². The lowest BCUT2D eigenvalue weighted by Crippen LogP contribution is -2.47. The molecule has 6 heteroatoms. The predicted molar refractivity (Wildman–Crippen MR) is 92.7 cm³/mol. The molecule has 24 heavy (non-hydrogen) atoms. The number of carbonyl (C=O) groups excluding carboxylic acids is 2. The molecule has 0 aromatic heterocycles. The van der Waals surface area contributed by atoms with Crippen LogP contribution in [0, 0.1) is 0 Å². The fourth-order valence-electron chi connectivity index (χ4n) is 2.14. The number of primary amides is 1. The number of methoxy groups -OCH3 is 1. The van der Waals surface area contributed by atoms with E-state index in [2.05, 4.69) is 26.1 Å². The SMILES string of the molecule is COCCOCC(=O)N[C@@H](Cc1ccc(C(C)(C)C)cc1)C(N)=O. The van der Waals surface area contributed by atoms with Gasteiger partial charge in [0, 0.05) is 13.5 Å². The molecule has 1 atom stereocenters. The number of rotatable bonds is 9. The molecule has 2 amide bonds. The number of nitrogens with one attached hydrogen (secondary N) is 1. The van der Waals surface area contributed by atoms with Crippen molar-refractivity contribution in [2.24, 2.45) is 5.73 Å². The van der Waals surface area contributed by atoms with Crippen LogP contribution in [0.15, 0.2) is 24.3 Å². The zero-order valence-electron chi connectivity index (χ0n) is 14.9. The van der Waals surface area contributed by atoms with Gasteiger partial charge in [0.2, 0.25) is 11.8 Å². The lowest BCUT2D eigenvalue weighted by molar-refractivity contribution is -0.130. The highest BCUT2D eigenvalue weighted by Crippen LogP contribution is 2.22. The Morgan fingerprint density at radius 1 is 1.17 bits per heavy atom. The number of hydrogen-bond donors (Lipinski definition) is 2. The maximum Gasteiger partial charge on any atom is 0.246 e. The second-order valence-corrected chi connectivity index (χ2v) is 6.72. The number of ether oxygens (including phenoxy) is 2. The van der Waals surface area contributed by atoms with Crippen LogP contribution in [0.5, 0.6) is 0 Å². The first-order valence-corrected chi connectivity index (χ1v) is 7.99. The number of nitrogens with two attached hydrogens (primary N) is 1.